The lowest BCUT2D eigenvalue weighted by molar-refractivity contribution is -0.155. The highest BCUT2D eigenvalue weighted by atomic mass is 16.8. The molecule has 28 heavy (non-hydrogen) atoms. The Balaban J connectivity index is 1.53. The van der Waals surface area contributed by atoms with E-state index >= 15 is 0 Å². The van der Waals surface area contributed by atoms with Crippen molar-refractivity contribution >= 4 is 16.6 Å². The summed E-state index contributed by atoms with van der Waals surface area (Å²) in [6.07, 6.45) is -2.02. The van der Waals surface area contributed by atoms with Crippen LogP contribution >= 0.6 is 0 Å². The minimum absolute atomic E-state index is 0.0220. The summed E-state index contributed by atoms with van der Waals surface area (Å²) in [5, 5.41) is 12.9. The lowest BCUT2D eigenvalue weighted by Gasteiger charge is -2.22. The molecule has 0 radical (unpaired) electrons. The second-order valence-electron chi connectivity index (χ2n) is 7.69. The molecule has 144 valence electrons. The first kappa shape index (κ1) is 18.8. The van der Waals surface area contributed by atoms with Gasteiger partial charge in [-0.05, 0) is 36.2 Å². The molecule has 1 N–H and O–H groups in total. The van der Waals surface area contributed by atoms with Crippen LogP contribution in [-0.2, 0) is 9.47 Å². The highest BCUT2D eigenvalue weighted by Crippen LogP contribution is 2.40. The van der Waals surface area contributed by atoms with Gasteiger partial charge in [0.05, 0.1) is 6.10 Å². The molecule has 0 spiro atoms. The van der Waals surface area contributed by atoms with Gasteiger partial charge in [-0.1, -0.05) is 66.7 Å². The average molecular weight is 376 g/mol. The van der Waals surface area contributed by atoms with Gasteiger partial charge in [-0.15, -0.1) is 0 Å². The van der Waals surface area contributed by atoms with E-state index < -0.39 is 24.1 Å². The van der Waals surface area contributed by atoms with E-state index in [9.17, 15) is 9.90 Å². The molecule has 0 aromatic heterocycles. The predicted octanol–water partition coefficient (Wildman–Crippen LogP) is 4.67. The molecule has 3 atom stereocenters. The zero-order valence-electron chi connectivity index (χ0n) is 16.0. The quantitative estimate of drug-likeness (QED) is 0.658. The van der Waals surface area contributed by atoms with Crippen LogP contribution in [-0.4, -0.2) is 28.9 Å². The number of ether oxygens (including phenoxy) is 2. The number of hydrogen-bond acceptors (Lipinski definition) is 4. The number of fused-ring (bicyclic) bond motifs is 1. The van der Waals surface area contributed by atoms with E-state index in [0.717, 1.165) is 16.3 Å². The lowest BCUT2D eigenvalue weighted by atomic mass is 9.95. The van der Waals surface area contributed by atoms with Crippen LogP contribution in [0, 0.1) is 0 Å². The van der Waals surface area contributed by atoms with Gasteiger partial charge in [-0.3, -0.25) is 4.79 Å². The second-order valence-corrected chi connectivity index (χ2v) is 7.69. The maximum absolute atomic E-state index is 12.8. The fraction of sp³-hybridized carbons (Fsp3) is 0.292. The van der Waals surface area contributed by atoms with Crippen molar-refractivity contribution in [3.8, 4) is 0 Å². The zero-order chi connectivity index (χ0) is 19.7. The van der Waals surface area contributed by atoms with Crippen LogP contribution in [0.25, 0.3) is 10.8 Å². The smallest absolute Gasteiger partial charge is 0.165 e. The topological polar surface area (TPSA) is 55.8 Å². The molecule has 0 unspecified atom stereocenters. The van der Waals surface area contributed by atoms with Crippen molar-refractivity contribution < 1.29 is 19.4 Å². The second kappa shape index (κ2) is 7.47. The summed E-state index contributed by atoms with van der Waals surface area (Å²) in [5.74, 6) is -0.934. The standard InChI is InChI=1S/C24H24O4/c1-24(2)27-22(17-9-4-3-5-10-17)23(28-24)21(26)15-20(25)19-13-12-16-8-6-7-11-18(16)14-19/h3-14,21-23,26H,15H2,1-2H3/t21-,22-,23-/m1/s1. The first-order chi connectivity index (χ1) is 13.4. The Hall–Kier alpha value is -2.53. The number of rotatable bonds is 5. The molecule has 1 aliphatic rings. The highest BCUT2D eigenvalue weighted by Gasteiger charge is 2.45. The fourth-order valence-corrected chi connectivity index (χ4v) is 3.76. The van der Waals surface area contributed by atoms with Crippen molar-refractivity contribution in [1.29, 1.82) is 0 Å². The van der Waals surface area contributed by atoms with Crippen molar-refractivity contribution in [2.75, 3.05) is 0 Å². The molecule has 3 aromatic carbocycles. The molecule has 0 amide bonds. The third kappa shape index (κ3) is 3.85. The molecule has 1 fully saturated rings. The maximum atomic E-state index is 12.8. The Bertz CT molecular complexity index is 980. The van der Waals surface area contributed by atoms with E-state index in [1.54, 1.807) is 0 Å². The van der Waals surface area contributed by atoms with E-state index in [1.165, 1.54) is 0 Å². The molecular formula is C24H24O4. The van der Waals surface area contributed by atoms with Crippen LogP contribution in [0.1, 0.15) is 42.3 Å². The molecule has 4 rings (SSSR count). The summed E-state index contributed by atoms with van der Waals surface area (Å²) in [7, 11) is 0. The van der Waals surface area contributed by atoms with Crippen LogP contribution in [0.2, 0.25) is 0 Å². The summed E-state index contributed by atoms with van der Waals surface area (Å²) < 4.78 is 12.0. The van der Waals surface area contributed by atoms with Gasteiger partial charge in [0.2, 0.25) is 0 Å². The van der Waals surface area contributed by atoms with E-state index in [2.05, 4.69) is 0 Å². The Morgan fingerprint density at radius 3 is 2.39 bits per heavy atom. The summed E-state index contributed by atoms with van der Waals surface area (Å²) in [5.41, 5.74) is 1.52. The molecule has 0 bridgehead atoms. The number of benzene rings is 3. The summed E-state index contributed by atoms with van der Waals surface area (Å²) in [4.78, 5) is 12.8. The van der Waals surface area contributed by atoms with Crippen LogP contribution in [0.4, 0.5) is 0 Å². The van der Waals surface area contributed by atoms with Crippen molar-refractivity contribution in [1.82, 2.24) is 0 Å². The third-order valence-electron chi connectivity index (χ3n) is 5.10. The number of aliphatic hydroxyl groups is 1. The number of Topliss-reactive ketones (excluding diaryl/α,β-unsaturated/α-hetero) is 1. The Morgan fingerprint density at radius 2 is 1.64 bits per heavy atom. The fourth-order valence-electron chi connectivity index (χ4n) is 3.76. The third-order valence-corrected chi connectivity index (χ3v) is 5.10. The molecule has 4 nitrogen and oxygen atoms in total. The zero-order valence-corrected chi connectivity index (χ0v) is 16.0. The highest BCUT2D eigenvalue weighted by molar-refractivity contribution is 6.00. The molecule has 1 saturated heterocycles. The van der Waals surface area contributed by atoms with Crippen LogP contribution in [0.3, 0.4) is 0 Å². The van der Waals surface area contributed by atoms with E-state index in [-0.39, 0.29) is 12.2 Å². The van der Waals surface area contributed by atoms with Crippen molar-refractivity contribution in [2.24, 2.45) is 0 Å². The maximum Gasteiger partial charge on any atom is 0.165 e. The Morgan fingerprint density at radius 1 is 0.964 bits per heavy atom. The molecule has 0 saturated carbocycles. The number of carbonyl (C=O) groups is 1. The van der Waals surface area contributed by atoms with Gasteiger partial charge in [0.15, 0.2) is 11.6 Å². The van der Waals surface area contributed by atoms with E-state index in [1.807, 2.05) is 86.6 Å². The minimum atomic E-state index is -0.967. The Kier molecular flexibility index (Phi) is 5.02. The molecule has 1 aliphatic heterocycles. The Labute approximate surface area is 164 Å². The average Bonchev–Trinajstić information content (AvgIpc) is 3.04. The summed E-state index contributed by atoms with van der Waals surface area (Å²) in [6, 6.07) is 23.2. The van der Waals surface area contributed by atoms with Gasteiger partial charge >= 0.3 is 0 Å². The molecule has 3 aromatic rings. The first-order valence-corrected chi connectivity index (χ1v) is 9.54. The van der Waals surface area contributed by atoms with E-state index in [4.69, 9.17) is 9.47 Å². The molecular weight excluding hydrogens is 352 g/mol. The monoisotopic (exact) mass is 376 g/mol. The van der Waals surface area contributed by atoms with Crippen LogP contribution < -0.4 is 0 Å². The number of aliphatic hydroxyl groups excluding tert-OH is 1. The van der Waals surface area contributed by atoms with Crippen molar-refractivity contribution in [3.63, 3.8) is 0 Å². The van der Waals surface area contributed by atoms with Crippen molar-refractivity contribution in [2.45, 2.75) is 44.4 Å². The van der Waals surface area contributed by atoms with Gasteiger partial charge in [-0.25, -0.2) is 0 Å². The van der Waals surface area contributed by atoms with Gasteiger partial charge in [0, 0.05) is 12.0 Å². The number of carbonyl (C=O) groups excluding carboxylic acids is 1. The van der Waals surface area contributed by atoms with Gasteiger partial charge in [-0.2, -0.15) is 0 Å². The van der Waals surface area contributed by atoms with Crippen molar-refractivity contribution in [3.05, 3.63) is 83.9 Å². The summed E-state index contributed by atoms with van der Waals surface area (Å²) in [6.45, 7) is 3.64. The normalized spacial score (nSPS) is 22.2. The van der Waals surface area contributed by atoms with E-state index in [0.29, 0.717) is 5.56 Å². The molecule has 1 heterocycles. The van der Waals surface area contributed by atoms with Gasteiger partial charge in [0.25, 0.3) is 0 Å². The van der Waals surface area contributed by atoms with Gasteiger partial charge < -0.3 is 14.6 Å². The molecule has 0 aliphatic carbocycles. The first-order valence-electron chi connectivity index (χ1n) is 9.54. The van der Waals surface area contributed by atoms with Crippen LogP contribution in [0.15, 0.2) is 72.8 Å². The SMILES string of the molecule is CC1(C)O[C@H]([C@H](O)CC(=O)c2ccc3ccccc3c2)[C@@H](c2ccccc2)O1. The summed E-state index contributed by atoms with van der Waals surface area (Å²) >= 11 is 0. The lowest BCUT2D eigenvalue weighted by Crippen LogP contribution is -2.33. The largest absolute Gasteiger partial charge is 0.390 e. The minimum Gasteiger partial charge on any atom is -0.390 e. The predicted molar refractivity (Wildman–Crippen MR) is 108 cm³/mol. The number of hydrogen-bond donors (Lipinski definition) is 1. The molecule has 4 heteroatoms. The number of ketones is 1. The van der Waals surface area contributed by atoms with Crippen LogP contribution in [0.5, 0.6) is 0 Å². The van der Waals surface area contributed by atoms with Gasteiger partial charge in [0.1, 0.15) is 12.2 Å².